The normalized spacial score (nSPS) is 18.6. The van der Waals surface area contributed by atoms with Crippen molar-refractivity contribution in [2.24, 2.45) is 0 Å². The molecule has 13 heavy (non-hydrogen) atoms. The Morgan fingerprint density at radius 2 is 2.00 bits per heavy atom. The number of hydrogen-bond donors (Lipinski definition) is 1. The highest BCUT2D eigenvalue weighted by atomic mass is 15.1. The Labute approximate surface area is 80.7 Å². The standard InChI is InChI=1S/C10H19N3/c1-3-13(4-2)8-7-12-10(9-11)5-6-10/h12H,3-8H2,1-2H3. The third-order valence-corrected chi connectivity index (χ3v) is 2.75. The van der Waals surface area contributed by atoms with Crippen molar-refractivity contribution in [3.8, 4) is 6.07 Å². The summed E-state index contributed by atoms with van der Waals surface area (Å²) in [5, 5.41) is 12.1. The molecular weight excluding hydrogens is 162 g/mol. The molecule has 1 rings (SSSR count). The molecule has 3 heteroatoms. The second kappa shape index (κ2) is 4.59. The average Bonchev–Trinajstić information content (AvgIpc) is 2.93. The van der Waals surface area contributed by atoms with Gasteiger partial charge >= 0.3 is 0 Å². The van der Waals surface area contributed by atoms with Gasteiger partial charge in [0.05, 0.1) is 6.07 Å². The minimum Gasteiger partial charge on any atom is -0.303 e. The molecule has 0 unspecified atom stereocenters. The van der Waals surface area contributed by atoms with Gasteiger partial charge in [0.2, 0.25) is 0 Å². The van der Waals surface area contributed by atoms with Gasteiger partial charge in [0.25, 0.3) is 0 Å². The van der Waals surface area contributed by atoms with Gasteiger partial charge < -0.3 is 4.90 Å². The average molecular weight is 181 g/mol. The Hall–Kier alpha value is -0.590. The largest absolute Gasteiger partial charge is 0.303 e. The molecule has 1 aliphatic rings. The molecule has 0 saturated heterocycles. The van der Waals surface area contributed by atoms with Crippen LogP contribution in [0.25, 0.3) is 0 Å². The van der Waals surface area contributed by atoms with Gasteiger partial charge in [-0.15, -0.1) is 0 Å². The van der Waals surface area contributed by atoms with Crippen molar-refractivity contribution >= 4 is 0 Å². The summed E-state index contributed by atoms with van der Waals surface area (Å²) in [6.45, 7) is 8.52. The summed E-state index contributed by atoms with van der Waals surface area (Å²) in [5.41, 5.74) is -0.146. The zero-order valence-electron chi connectivity index (χ0n) is 8.64. The van der Waals surface area contributed by atoms with Crippen LogP contribution in [0.2, 0.25) is 0 Å². The molecule has 0 aromatic rings. The van der Waals surface area contributed by atoms with Crippen molar-refractivity contribution < 1.29 is 0 Å². The molecule has 0 spiro atoms. The van der Waals surface area contributed by atoms with Gasteiger partial charge in [-0.25, -0.2) is 0 Å². The van der Waals surface area contributed by atoms with Crippen LogP contribution in [0.1, 0.15) is 26.7 Å². The third-order valence-electron chi connectivity index (χ3n) is 2.75. The first-order valence-corrected chi connectivity index (χ1v) is 5.15. The number of likely N-dealkylation sites (N-methyl/N-ethyl adjacent to an activating group) is 1. The van der Waals surface area contributed by atoms with E-state index in [0.29, 0.717) is 0 Å². The third kappa shape index (κ3) is 2.98. The fourth-order valence-corrected chi connectivity index (χ4v) is 1.45. The maximum absolute atomic E-state index is 8.81. The Morgan fingerprint density at radius 3 is 2.38 bits per heavy atom. The van der Waals surface area contributed by atoms with Crippen molar-refractivity contribution in [1.82, 2.24) is 10.2 Å². The molecule has 1 saturated carbocycles. The highest BCUT2D eigenvalue weighted by Crippen LogP contribution is 2.33. The van der Waals surface area contributed by atoms with Gasteiger partial charge in [0.15, 0.2) is 0 Å². The van der Waals surface area contributed by atoms with Gasteiger partial charge in [-0.05, 0) is 25.9 Å². The van der Waals surface area contributed by atoms with E-state index in [1.807, 2.05) is 0 Å². The minimum atomic E-state index is -0.146. The molecule has 74 valence electrons. The Bertz CT molecular complexity index is 187. The van der Waals surface area contributed by atoms with Crippen LogP contribution in [-0.2, 0) is 0 Å². The van der Waals surface area contributed by atoms with Crippen molar-refractivity contribution in [2.45, 2.75) is 32.2 Å². The molecule has 0 amide bonds. The Morgan fingerprint density at radius 1 is 1.38 bits per heavy atom. The van der Waals surface area contributed by atoms with E-state index in [4.69, 9.17) is 5.26 Å². The van der Waals surface area contributed by atoms with E-state index in [-0.39, 0.29) is 5.54 Å². The van der Waals surface area contributed by atoms with Crippen LogP contribution in [0.4, 0.5) is 0 Å². The van der Waals surface area contributed by atoms with E-state index >= 15 is 0 Å². The summed E-state index contributed by atoms with van der Waals surface area (Å²) in [6, 6.07) is 2.33. The summed E-state index contributed by atoms with van der Waals surface area (Å²) >= 11 is 0. The Balaban J connectivity index is 2.10. The molecule has 0 aliphatic heterocycles. The minimum absolute atomic E-state index is 0.146. The lowest BCUT2D eigenvalue weighted by Crippen LogP contribution is -2.37. The lowest BCUT2D eigenvalue weighted by atomic mass is 10.3. The van der Waals surface area contributed by atoms with Gasteiger partial charge in [0, 0.05) is 13.1 Å². The van der Waals surface area contributed by atoms with E-state index in [0.717, 1.165) is 39.0 Å². The molecule has 3 nitrogen and oxygen atoms in total. The van der Waals surface area contributed by atoms with Gasteiger partial charge in [-0.1, -0.05) is 13.8 Å². The topological polar surface area (TPSA) is 39.1 Å². The van der Waals surface area contributed by atoms with Gasteiger partial charge in [0.1, 0.15) is 5.54 Å². The fraction of sp³-hybridized carbons (Fsp3) is 0.900. The molecule has 1 fully saturated rings. The van der Waals surface area contributed by atoms with Crippen molar-refractivity contribution in [3.05, 3.63) is 0 Å². The summed E-state index contributed by atoms with van der Waals surface area (Å²) in [5.74, 6) is 0. The number of hydrogen-bond acceptors (Lipinski definition) is 3. The summed E-state index contributed by atoms with van der Waals surface area (Å²) in [7, 11) is 0. The summed E-state index contributed by atoms with van der Waals surface area (Å²) < 4.78 is 0. The van der Waals surface area contributed by atoms with Crippen LogP contribution in [0.3, 0.4) is 0 Å². The van der Waals surface area contributed by atoms with Crippen LogP contribution in [0, 0.1) is 11.3 Å². The van der Waals surface area contributed by atoms with Gasteiger partial charge in [-0.2, -0.15) is 5.26 Å². The molecule has 0 bridgehead atoms. The first kappa shape index (κ1) is 10.5. The van der Waals surface area contributed by atoms with Crippen LogP contribution < -0.4 is 5.32 Å². The van der Waals surface area contributed by atoms with Crippen LogP contribution in [-0.4, -0.2) is 36.6 Å². The van der Waals surface area contributed by atoms with Crippen molar-refractivity contribution in [1.29, 1.82) is 5.26 Å². The monoisotopic (exact) mass is 181 g/mol. The SMILES string of the molecule is CCN(CC)CCNC1(C#N)CC1. The molecule has 0 heterocycles. The molecule has 1 N–H and O–H groups in total. The van der Waals surface area contributed by atoms with Gasteiger partial charge in [-0.3, -0.25) is 5.32 Å². The quantitative estimate of drug-likeness (QED) is 0.663. The zero-order valence-corrected chi connectivity index (χ0v) is 8.64. The first-order chi connectivity index (χ1) is 6.26. The highest BCUT2D eigenvalue weighted by Gasteiger charge is 2.42. The van der Waals surface area contributed by atoms with Crippen LogP contribution in [0.5, 0.6) is 0 Å². The van der Waals surface area contributed by atoms with Crippen LogP contribution in [0.15, 0.2) is 0 Å². The molecule has 0 radical (unpaired) electrons. The maximum Gasteiger partial charge on any atom is 0.107 e. The van der Waals surface area contributed by atoms with Crippen LogP contribution >= 0.6 is 0 Å². The van der Waals surface area contributed by atoms with E-state index in [9.17, 15) is 0 Å². The number of nitrogens with one attached hydrogen (secondary N) is 1. The summed E-state index contributed by atoms with van der Waals surface area (Å²) in [6.07, 6.45) is 2.06. The molecular formula is C10H19N3. The van der Waals surface area contributed by atoms with E-state index in [2.05, 4.69) is 30.1 Å². The maximum atomic E-state index is 8.81. The van der Waals surface area contributed by atoms with Crippen molar-refractivity contribution in [3.63, 3.8) is 0 Å². The molecule has 0 aromatic carbocycles. The predicted octanol–water partition coefficient (Wildman–Crippen LogP) is 0.974. The lowest BCUT2D eigenvalue weighted by molar-refractivity contribution is 0.298. The Kier molecular flexibility index (Phi) is 3.71. The highest BCUT2D eigenvalue weighted by molar-refractivity contribution is 5.18. The molecule has 1 aliphatic carbocycles. The number of nitriles is 1. The smallest absolute Gasteiger partial charge is 0.107 e. The van der Waals surface area contributed by atoms with E-state index < -0.39 is 0 Å². The second-order valence-corrected chi connectivity index (χ2v) is 3.65. The second-order valence-electron chi connectivity index (χ2n) is 3.65. The summed E-state index contributed by atoms with van der Waals surface area (Å²) in [4.78, 5) is 2.36. The number of nitrogens with zero attached hydrogens (tertiary/aromatic N) is 2. The van der Waals surface area contributed by atoms with E-state index in [1.54, 1.807) is 0 Å². The first-order valence-electron chi connectivity index (χ1n) is 5.15. The predicted molar refractivity (Wildman–Crippen MR) is 53.4 cm³/mol. The fourth-order valence-electron chi connectivity index (χ4n) is 1.45. The molecule has 0 aromatic heterocycles. The zero-order chi connectivity index (χ0) is 9.73. The van der Waals surface area contributed by atoms with E-state index in [1.165, 1.54) is 0 Å². The lowest BCUT2D eigenvalue weighted by Gasteiger charge is -2.19. The van der Waals surface area contributed by atoms with Crippen molar-refractivity contribution in [2.75, 3.05) is 26.2 Å². The number of rotatable bonds is 6. The molecule has 0 atom stereocenters.